The molecule has 1 aromatic heterocycles. The maximum atomic E-state index is 12.7. The lowest BCUT2D eigenvalue weighted by Gasteiger charge is -2.28. The van der Waals surface area contributed by atoms with Gasteiger partial charge >= 0.3 is 6.03 Å². The van der Waals surface area contributed by atoms with Crippen molar-refractivity contribution < 1.29 is 19.1 Å². The van der Waals surface area contributed by atoms with E-state index in [2.05, 4.69) is 15.6 Å². The van der Waals surface area contributed by atoms with Crippen LogP contribution < -0.4 is 10.1 Å². The van der Waals surface area contributed by atoms with Crippen molar-refractivity contribution in [3.05, 3.63) is 35.7 Å². The number of ether oxygens (including phenoxy) is 2. The van der Waals surface area contributed by atoms with Gasteiger partial charge in [-0.3, -0.25) is 4.79 Å². The fourth-order valence-electron chi connectivity index (χ4n) is 3.64. The summed E-state index contributed by atoms with van der Waals surface area (Å²) in [7, 11) is 1.60. The number of hydrogen-bond donors (Lipinski definition) is 1. The third kappa shape index (κ3) is 4.54. The van der Waals surface area contributed by atoms with E-state index < -0.39 is 0 Å². The summed E-state index contributed by atoms with van der Waals surface area (Å²) in [5.41, 5.74) is 2.37. The number of anilines is 1. The number of rotatable bonds is 5. The number of fused-ring (bicyclic) bond motifs is 1. The lowest BCUT2D eigenvalue weighted by atomic mass is 10.1. The molecule has 3 amide bonds. The van der Waals surface area contributed by atoms with E-state index in [1.54, 1.807) is 36.3 Å². The van der Waals surface area contributed by atoms with E-state index in [-0.39, 0.29) is 11.9 Å². The standard InChI is InChI=1S/C20H26N6O4/c1-29-16-4-2-15(3-5-16)21-20(28)25-8-9-26-18(14-25)17(22-23-26)6-7-19(27)24-10-12-30-13-11-24/h2-5H,6-14H2,1H3,(H,21,28). The van der Waals surface area contributed by atoms with Gasteiger partial charge in [-0.2, -0.15) is 0 Å². The third-order valence-electron chi connectivity index (χ3n) is 5.41. The van der Waals surface area contributed by atoms with Crippen LogP contribution in [0.25, 0.3) is 0 Å². The summed E-state index contributed by atoms with van der Waals surface area (Å²) in [5, 5.41) is 11.4. The number of carbonyl (C=O) groups is 2. The highest BCUT2D eigenvalue weighted by Gasteiger charge is 2.26. The molecule has 0 saturated carbocycles. The molecule has 0 spiro atoms. The van der Waals surface area contributed by atoms with Crippen LogP contribution in [0, 0.1) is 0 Å². The SMILES string of the molecule is COc1ccc(NC(=O)N2CCn3nnc(CCC(=O)N4CCOCC4)c3C2)cc1. The van der Waals surface area contributed by atoms with Gasteiger partial charge in [0.1, 0.15) is 5.75 Å². The zero-order valence-electron chi connectivity index (χ0n) is 17.0. The number of carbonyl (C=O) groups excluding carboxylic acids is 2. The largest absolute Gasteiger partial charge is 0.497 e. The fourth-order valence-corrected chi connectivity index (χ4v) is 3.64. The van der Waals surface area contributed by atoms with Crippen LogP contribution in [0.3, 0.4) is 0 Å². The summed E-state index contributed by atoms with van der Waals surface area (Å²) in [6, 6.07) is 7.02. The molecule has 30 heavy (non-hydrogen) atoms. The number of aromatic nitrogens is 3. The van der Waals surface area contributed by atoms with Crippen LogP contribution in [-0.2, 0) is 29.0 Å². The Morgan fingerprint density at radius 2 is 1.87 bits per heavy atom. The van der Waals surface area contributed by atoms with Gasteiger partial charge in [0.05, 0.1) is 44.8 Å². The minimum absolute atomic E-state index is 0.102. The van der Waals surface area contributed by atoms with Crippen molar-refractivity contribution in [3.8, 4) is 5.75 Å². The maximum absolute atomic E-state index is 12.7. The Labute approximate surface area is 174 Å². The molecule has 0 bridgehead atoms. The van der Waals surface area contributed by atoms with Crippen LogP contribution in [0.15, 0.2) is 24.3 Å². The molecule has 1 fully saturated rings. The maximum Gasteiger partial charge on any atom is 0.322 e. The van der Waals surface area contributed by atoms with E-state index >= 15 is 0 Å². The number of aryl methyl sites for hydroxylation is 1. The Morgan fingerprint density at radius 1 is 1.10 bits per heavy atom. The topological polar surface area (TPSA) is 102 Å². The van der Waals surface area contributed by atoms with Gasteiger partial charge in [0.2, 0.25) is 5.91 Å². The minimum atomic E-state index is -0.178. The first kappa shape index (κ1) is 20.1. The zero-order valence-corrected chi connectivity index (χ0v) is 17.0. The lowest BCUT2D eigenvalue weighted by Crippen LogP contribution is -2.41. The molecular formula is C20H26N6O4. The highest BCUT2D eigenvalue weighted by Crippen LogP contribution is 2.19. The molecule has 0 unspecified atom stereocenters. The van der Waals surface area contributed by atoms with Crippen molar-refractivity contribution >= 4 is 17.6 Å². The first-order valence-corrected chi connectivity index (χ1v) is 10.1. The second-order valence-corrected chi connectivity index (χ2v) is 7.28. The molecule has 1 aromatic carbocycles. The number of urea groups is 1. The van der Waals surface area contributed by atoms with E-state index in [4.69, 9.17) is 9.47 Å². The molecule has 160 valence electrons. The summed E-state index contributed by atoms with van der Waals surface area (Å²) >= 11 is 0. The average Bonchev–Trinajstić information content (AvgIpc) is 3.20. The second-order valence-electron chi connectivity index (χ2n) is 7.28. The fraction of sp³-hybridized carbons (Fsp3) is 0.500. The average molecular weight is 414 g/mol. The molecule has 1 N–H and O–H groups in total. The van der Waals surface area contributed by atoms with Gasteiger partial charge in [0, 0.05) is 38.2 Å². The second kappa shape index (κ2) is 9.12. The summed E-state index contributed by atoms with van der Waals surface area (Å²) in [4.78, 5) is 28.7. The molecule has 2 aliphatic rings. The van der Waals surface area contributed by atoms with Crippen LogP contribution >= 0.6 is 0 Å². The molecule has 0 atom stereocenters. The van der Waals surface area contributed by atoms with Gasteiger partial charge in [-0.1, -0.05) is 5.21 Å². The number of benzene rings is 1. The molecule has 0 aliphatic carbocycles. The van der Waals surface area contributed by atoms with Crippen molar-refractivity contribution in [1.29, 1.82) is 0 Å². The lowest BCUT2D eigenvalue weighted by molar-refractivity contribution is -0.135. The Bertz CT molecular complexity index is 891. The quantitative estimate of drug-likeness (QED) is 0.787. The summed E-state index contributed by atoms with van der Waals surface area (Å²) < 4.78 is 12.3. The summed E-state index contributed by atoms with van der Waals surface area (Å²) in [6.45, 7) is 3.99. The van der Waals surface area contributed by atoms with Crippen LogP contribution in [0.2, 0.25) is 0 Å². The molecule has 10 nitrogen and oxygen atoms in total. The highest BCUT2D eigenvalue weighted by molar-refractivity contribution is 5.89. The van der Waals surface area contributed by atoms with E-state index in [0.29, 0.717) is 64.5 Å². The Kier molecular flexibility index (Phi) is 6.12. The highest BCUT2D eigenvalue weighted by atomic mass is 16.5. The van der Waals surface area contributed by atoms with Crippen molar-refractivity contribution in [1.82, 2.24) is 24.8 Å². The van der Waals surface area contributed by atoms with E-state index in [1.807, 2.05) is 9.58 Å². The monoisotopic (exact) mass is 414 g/mol. The third-order valence-corrected chi connectivity index (χ3v) is 5.41. The van der Waals surface area contributed by atoms with Gasteiger partial charge < -0.3 is 24.6 Å². The predicted molar refractivity (Wildman–Crippen MR) is 108 cm³/mol. The summed E-state index contributed by atoms with van der Waals surface area (Å²) in [6.07, 6.45) is 0.892. The Balaban J connectivity index is 1.35. The minimum Gasteiger partial charge on any atom is -0.497 e. The number of amides is 3. The van der Waals surface area contributed by atoms with E-state index in [0.717, 1.165) is 17.1 Å². The number of nitrogens with one attached hydrogen (secondary N) is 1. The van der Waals surface area contributed by atoms with Crippen molar-refractivity contribution in [3.63, 3.8) is 0 Å². The molecular weight excluding hydrogens is 388 g/mol. The molecule has 4 rings (SSSR count). The zero-order chi connectivity index (χ0) is 20.9. The molecule has 1 saturated heterocycles. The molecule has 3 heterocycles. The van der Waals surface area contributed by atoms with Crippen molar-refractivity contribution in [2.24, 2.45) is 0 Å². The first-order chi connectivity index (χ1) is 14.6. The van der Waals surface area contributed by atoms with Crippen LogP contribution in [-0.4, -0.2) is 76.7 Å². The van der Waals surface area contributed by atoms with Gasteiger partial charge in [0.15, 0.2) is 0 Å². The molecule has 0 radical (unpaired) electrons. The van der Waals surface area contributed by atoms with Gasteiger partial charge in [0.25, 0.3) is 0 Å². The summed E-state index contributed by atoms with van der Waals surface area (Å²) in [5.74, 6) is 0.835. The van der Waals surface area contributed by atoms with E-state index in [9.17, 15) is 9.59 Å². The van der Waals surface area contributed by atoms with Crippen LogP contribution in [0.4, 0.5) is 10.5 Å². The van der Waals surface area contributed by atoms with Crippen molar-refractivity contribution in [2.45, 2.75) is 25.9 Å². The van der Waals surface area contributed by atoms with Gasteiger partial charge in [-0.05, 0) is 24.3 Å². The Hall–Kier alpha value is -3.14. The number of methoxy groups -OCH3 is 1. The van der Waals surface area contributed by atoms with Gasteiger partial charge in [-0.25, -0.2) is 9.48 Å². The molecule has 10 heteroatoms. The normalized spacial score (nSPS) is 16.2. The molecule has 2 aromatic rings. The first-order valence-electron chi connectivity index (χ1n) is 10.1. The van der Waals surface area contributed by atoms with Crippen LogP contribution in [0.1, 0.15) is 17.8 Å². The number of hydrogen-bond acceptors (Lipinski definition) is 6. The Morgan fingerprint density at radius 3 is 2.60 bits per heavy atom. The predicted octanol–water partition coefficient (Wildman–Crippen LogP) is 1.13. The number of morpholine rings is 1. The smallest absolute Gasteiger partial charge is 0.322 e. The molecule has 2 aliphatic heterocycles. The van der Waals surface area contributed by atoms with Gasteiger partial charge in [-0.15, -0.1) is 5.10 Å². The van der Waals surface area contributed by atoms with Crippen LogP contribution in [0.5, 0.6) is 5.75 Å². The number of nitrogens with zero attached hydrogens (tertiary/aromatic N) is 5. The van der Waals surface area contributed by atoms with E-state index in [1.165, 1.54) is 0 Å². The van der Waals surface area contributed by atoms with Crippen molar-refractivity contribution in [2.75, 3.05) is 45.3 Å².